The average molecular weight is 1000 g/mol. The highest BCUT2D eigenvalue weighted by Crippen LogP contribution is 2.38. The molecule has 2 aliphatic heterocycles. The van der Waals surface area contributed by atoms with Crippen LogP contribution in [0.3, 0.4) is 0 Å². The molecule has 0 radical (unpaired) electrons. The highest BCUT2D eigenvalue weighted by Gasteiger charge is 2.47. The van der Waals surface area contributed by atoms with E-state index in [-0.39, 0.29) is 79.8 Å². The van der Waals surface area contributed by atoms with Gasteiger partial charge in [-0.05, 0) is 108 Å². The summed E-state index contributed by atoms with van der Waals surface area (Å²) in [5, 5.41) is 33.3. The zero-order chi connectivity index (χ0) is 52.8. The maximum atomic E-state index is 15.1. The Bertz CT molecular complexity index is 2590. The van der Waals surface area contributed by atoms with Crippen molar-refractivity contribution in [2.24, 2.45) is 10.8 Å². The molecule has 9 atom stereocenters. The first-order valence-corrected chi connectivity index (χ1v) is 25.8. The van der Waals surface area contributed by atoms with E-state index in [1.165, 1.54) is 5.56 Å². The quantitative estimate of drug-likeness (QED) is 0.0756. The van der Waals surface area contributed by atoms with Crippen LogP contribution in [-0.2, 0) is 54.6 Å². The predicted octanol–water partition coefficient (Wildman–Crippen LogP) is 3.75. The number of nitrogens with one attached hydrogen (secondary N) is 7. The Hall–Kier alpha value is -6.37. The number of ketones is 1. The minimum atomic E-state index is -0.959. The zero-order valence-corrected chi connectivity index (χ0v) is 44.2. The molecule has 1 aliphatic carbocycles. The van der Waals surface area contributed by atoms with Crippen LogP contribution in [0.2, 0.25) is 0 Å². The summed E-state index contributed by atoms with van der Waals surface area (Å²) >= 11 is 0. The number of nitrogens with zero attached hydrogens (tertiary/aromatic N) is 5. The summed E-state index contributed by atoms with van der Waals surface area (Å²) in [7, 11) is 3.39. The van der Waals surface area contributed by atoms with Gasteiger partial charge >= 0.3 is 0 Å². The Balaban J connectivity index is 1.23. The molecule has 18 heteroatoms. The number of carbonyl (C=O) groups excluding carboxylic acids is 6. The van der Waals surface area contributed by atoms with E-state index >= 15 is 9.59 Å². The third-order valence-electron chi connectivity index (χ3n) is 15.0. The van der Waals surface area contributed by atoms with Gasteiger partial charge in [0.15, 0.2) is 11.6 Å². The molecule has 73 heavy (non-hydrogen) atoms. The first-order valence-electron chi connectivity index (χ1n) is 25.8. The molecule has 392 valence electrons. The van der Waals surface area contributed by atoms with Crippen LogP contribution in [0, 0.1) is 10.8 Å². The number of hydrogen-bond acceptors (Lipinski definition) is 12. The topological polar surface area (TPSA) is 236 Å². The second-order valence-electron chi connectivity index (χ2n) is 22.3. The highest BCUT2D eigenvalue weighted by atomic mass is 16.2. The maximum absolute atomic E-state index is 15.1. The Kier molecular flexibility index (Phi) is 17.3. The molecule has 0 bridgehead atoms. The first-order chi connectivity index (χ1) is 34.7. The van der Waals surface area contributed by atoms with Gasteiger partial charge in [-0.2, -0.15) is 0 Å². The van der Waals surface area contributed by atoms with Crippen LogP contribution in [0.25, 0.3) is 0 Å². The predicted molar refractivity (Wildman–Crippen MR) is 277 cm³/mol. The van der Waals surface area contributed by atoms with E-state index in [0.29, 0.717) is 12.2 Å². The normalized spacial score (nSPS) is 20.9. The molecule has 3 aliphatic rings. The number of aromatic amines is 1. The van der Waals surface area contributed by atoms with Crippen molar-refractivity contribution in [3.05, 3.63) is 112 Å². The SMILES string of the molecule is CN[C@@H](C)C(=O)CNC(C(=O)N1CC(c2ccc3c(c2)CN(C(=O)C(NC(=O)[C@H](C)NC)C(C)(C)C)C(C(=O)NC2CCCc4ccccc42)C3)CC1C(=O)NC(Cc1ccccc1)c1nnn[nH]1)C(C)(C)C. The second kappa shape index (κ2) is 23.2. The summed E-state index contributed by atoms with van der Waals surface area (Å²) in [6.45, 7) is 15.2. The third-order valence-corrected chi connectivity index (χ3v) is 15.0. The van der Waals surface area contributed by atoms with E-state index in [0.717, 1.165) is 47.1 Å². The largest absolute Gasteiger partial charge is 0.347 e. The number of carbonyl (C=O) groups is 6. The van der Waals surface area contributed by atoms with E-state index < -0.39 is 53.1 Å². The van der Waals surface area contributed by atoms with Crippen molar-refractivity contribution in [1.29, 1.82) is 0 Å². The maximum Gasteiger partial charge on any atom is 0.246 e. The molecular weight excluding hydrogens is 925 g/mol. The highest BCUT2D eigenvalue weighted by molar-refractivity contribution is 5.95. The van der Waals surface area contributed by atoms with E-state index in [1.54, 1.807) is 37.7 Å². The van der Waals surface area contributed by atoms with Crippen molar-refractivity contribution >= 4 is 35.3 Å². The summed E-state index contributed by atoms with van der Waals surface area (Å²) in [4.78, 5) is 89.6. The molecule has 0 spiro atoms. The van der Waals surface area contributed by atoms with Crippen LogP contribution in [0.4, 0.5) is 0 Å². The Morgan fingerprint density at radius 1 is 0.753 bits per heavy atom. The van der Waals surface area contributed by atoms with Crippen LogP contribution in [0.15, 0.2) is 72.8 Å². The van der Waals surface area contributed by atoms with Gasteiger partial charge in [0.05, 0.1) is 36.8 Å². The smallest absolute Gasteiger partial charge is 0.246 e. The molecule has 4 aromatic rings. The number of likely N-dealkylation sites (tertiary alicyclic amines) is 1. The summed E-state index contributed by atoms with van der Waals surface area (Å²) in [6, 6.07) is 18.4. The number of hydrogen-bond donors (Lipinski definition) is 7. The summed E-state index contributed by atoms with van der Waals surface area (Å²) in [6.07, 6.45) is 3.52. The van der Waals surface area contributed by atoms with Gasteiger partial charge in [0, 0.05) is 31.8 Å². The molecule has 7 unspecified atom stereocenters. The summed E-state index contributed by atoms with van der Waals surface area (Å²) in [5.41, 5.74) is 4.46. The molecular formula is C55H76N12O6. The lowest BCUT2D eigenvalue weighted by Crippen LogP contribution is -2.62. The zero-order valence-electron chi connectivity index (χ0n) is 44.2. The van der Waals surface area contributed by atoms with Crippen molar-refractivity contribution in [2.45, 2.75) is 155 Å². The number of Topliss-reactive ketones (excluding diaryl/α,β-unsaturated/α-hetero) is 1. The fraction of sp³-hybridized carbons (Fsp3) is 0.545. The molecule has 1 aromatic heterocycles. The Labute approximate surface area is 429 Å². The fourth-order valence-corrected chi connectivity index (χ4v) is 10.4. The second-order valence-corrected chi connectivity index (χ2v) is 22.3. The number of H-pyrrole nitrogens is 1. The molecule has 0 saturated carbocycles. The van der Waals surface area contributed by atoms with Gasteiger partial charge in [0.2, 0.25) is 29.5 Å². The van der Waals surface area contributed by atoms with Gasteiger partial charge < -0.3 is 36.4 Å². The standard InChI is InChI=1S/C55H76N12O6/c1-32(56-9)45(68)29-58-46(54(3,4)5)52(72)66-31-39(28-44(66)51(71)60-42(48-62-64-65-63-48)25-34-17-12-11-13-18-34)36-23-24-37-27-43(50(70)59-41-22-16-20-35-19-14-15-21-40(35)41)67(30-38(37)26-36)53(73)47(55(6,7)8)61-49(69)33(2)57-10/h11-15,17-19,21,23-24,26,32-33,39,41-44,46-47,56-58H,16,20,22,25,27-31H2,1-10H3,(H,59,70)(H,60,71)(H,61,69)(H,62,63,64,65)/t32-,33-,39?,41?,42?,43?,44?,46?,47?/m0/s1. The van der Waals surface area contributed by atoms with Gasteiger partial charge in [0.1, 0.15) is 18.1 Å². The molecule has 3 aromatic carbocycles. The van der Waals surface area contributed by atoms with Crippen LogP contribution in [0.5, 0.6) is 0 Å². The molecule has 7 N–H and O–H groups in total. The van der Waals surface area contributed by atoms with Gasteiger partial charge in [-0.3, -0.25) is 34.1 Å². The Morgan fingerprint density at radius 3 is 2.11 bits per heavy atom. The number of aromatic nitrogens is 4. The fourth-order valence-electron chi connectivity index (χ4n) is 10.4. The van der Waals surface area contributed by atoms with Crippen molar-refractivity contribution in [1.82, 2.24) is 62.3 Å². The molecule has 5 amide bonds. The monoisotopic (exact) mass is 1000 g/mol. The van der Waals surface area contributed by atoms with Gasteiger partial charge in [-0.1, -0.05) is 114 Å². The summed E-state index contributed by atoms with van der Waals surface area (Å²) < 4.78 is 0. The lowest BCUT2D eigenvalue weighted by atomic mass is 9.83. The van der Waals surface area contributed by atoms with Crippen molar-refractivity contribution in [2.75, 3.05) is 27.2 Å². The number of likely N-dealkylation sites (N-methyl/N-ethyl adjacent to an activating group) is 2. The Morgan fingerprint density at radius 2 is 1.44 bits per heavy atom. The molecule has 7 rings (SSSR count). The minimum Gasteiger partial charge on any atom is -0.347 e. The number of aryl methyl sites for hydroxylation is 1. The molecule has 3 heterocycles. The van der Waals surface area contributed by atoms with Crippen molar-refractivity contribution in [3.8, 4) is 0 Å². The van der Waals surface area contributed by atoms with Gasteiger partial charge in [-0.15, -0.1) is 5.10 Å². The molecule has 1 fully saturated rings. The van der Waals surface area contributed by atoms with Crippen LogP contribution < -0.4 is 31.9 Å². The van der Waals surface area contributed by atoms with E-state index in [2.05, 4.69) is 64.7 Å². The van der Waals surface area contributed by atoms with Gasteiger partial charge in [0.25, 0.3) is 0 Å². The van der Waals surface area contributed by atoms with E-state index in [4.69, 9.17) is 0 Å². The van der Waals surface area contributed by atoms with Crippen molar-refractivity contribution < 1.29 is 28.8 Å². The number of rotatable bonds is 18. The summed E-state index contributed by atoms with van der Waals surface area (Å²) in [5.74, 6) is -1.72. The average Bonchev–Trinajstić information content (AvgIpc) is 4.08. The first kappa shape index (κ1) is 54.4. The van der Waals surface area contributed by atoms with Crippen molar-refractivity contribution in [3.63, 3.8) is 0 Å². The number of benzene rings is 3. The van der Waals surface area contributed by atoms with Crippen LogP contribution in [0.1, 0.15) is 132 Å². The minimum absolute atomic E-state index is 0.0528. The van der Waals surface area contributed by atoms with Gasteiger partial charge in [-0.25, -0.2) is 5.10 Å². The lowest BCUT2D eigenvalue weighted by Gasteiger charge is -2.42. The number of fused-ring (bicyclic) bond motifs is 2. The van der Waals surface area contributed by atoms with E-state index in [1.807, 2.05) is 102 Å². The van der Waals surface area contributed by atoms with Crippen LogP contribution in [-0.4, -0.2) is 129 Å². The van der Waals surface area contributed by atoms with E-state index in [9.17, 15) is 19.2 Å². The lowest BCUT2D eigenvalue weighted by molar-refractivity contribution is -0.147. The number of tetrazole rings is 1. The molecule has 18 nitrogen and oxygen atoms in total. The van der Waals surface area contributed by atoms with Crippen LogP contribution >= 0.6 is 0 Å². The number of amides is 5. The third kappa shape index (κ3) is 12.9. The molecule has 1 saturated heterocycles.